The van der Waals surface area contributed by atoms with Gasteiger partial charge in [0, 0.05) is 5.56 Å². The second-order valence-corrected chi connectivity index (χ2v) is 9.60. The van der Waals surface area contributed by atoms with E-state index >= 15 is 0 Å². The first-order chi connectivity index (χ1) is 18.4. The predicted octanol–water partition coefficient (Wildman–Crippen LogP) is 6.14. The zero-order valence-electron chi connectivity index (χ0n) is 21.6. The van der Waals surface area contributed by atoms with Crippen LogP contribution in [0.25, 0.3) is 16.8 Å². The SMILES string of the molecule is C=CCc1cc(/C=C2/SC(=O)N([C@@H](C)C(=O)OC)C2=O)cc(OCC)c1OCc1cccc2ccccc12. The molecule has 1 fully saturated rings. The molecule has 0 radical (unpaired) electrons. The van der Waals surface area contributed by atoms with Gasteiger partial charge in [-0.2, -0.15) is 0 Å². The molecule has 196 valence electrons. The molecule has 8 heteroatoms. The zero-order valence-corrected chi connectivity index (χ0v) is 22.4. The highest BCUT2D eigenvalue weighted by atomic mass is 32.2. The van der Waals surface area contributed by atoms with Crippen LogP contribution in [-0.4, -0.2) is 41.8 Å². The number of benzene rings is 3. The summed E-state index contributed by atoms with van der Waals surface area (Å²) in [5.74, 6) is -0.0738. The number of allylic oxidation sites excluding steroid dienone is 1. The van der Waals surface area contributed by atoms with Crippen molar-refractivity contribution >= 4 is 45.7 Å². The molecule has 1 aliphatic heterocycles. The molecular weight excluding hydrogens is 502 g/mol. The number of fused-ring (bicyclic) bond motifs is 1. The fourth-order valence-corrected chi connectivity index (χ4v) is 5.22. The normalized spacial score (nSPS) is 15.1. The molecule has 1 aliphatic rings. The summed E-state index contributed by atoms with van der Waals surface area (Å²) in [6, 6.07) is 16.9. The Morgan fingerprint density at radius 1 is 1.08 bits per heavy atom. The van der Waals surface area contributed by atoms with E-state index in [2.05, 4.69) is 24.8 Å². The van der Waals surface area contributed by atoms with Gasteiger partial charge >= 0.3 is 5.97 Å². The van der Waals surface area contributed by atoms with Crippen molar-refractivity contribution in [3.63, 3.8) is 0 Å². The second kappa shape index (κ2) is 12.0. The summed E-state index contributed by atoms with van der Waals surface area (Å²) in [5.41, 5.74) is 2.55. The van der Waals surface area contributed by atoms with Gasteiger partial charge in [0.1, 0.15) is 12.6 Å². The molecule has 3 aromatic rings. The average molecular weight is 532 g/mol. The molecule has 4 rings (SSSR count). The van der Waals surface area contributed by atoms with Gasteiger partial charge in [0.15, 0.2) is 11.5 Å². The number of amides is 2. The van der Waals surface area contributed by atoms with Crippen molar-refractivity contribution < 1.29 is 28.6 Å². The van der Waals surface area contributed by atoms with Crippen molar-refractivity contribution in [1.29, 1.82) is 0 Å². The van der Waals surface area contributed by atoms with E-state index in [1.165, 1.54) is 14.0 Å². The Hall–Kier alpha value is -4.04. The third-order valence-corrected chi connectivity index (χ3v) is 7.00. The lowest BCUT2D eigenvalue weighted by Gasteiger charge is -2.18. The van der Waals surface area contributed by atoms with E-state index in [4.69, 9.17) is 14.2 Å². The number of thioether (sulfide) groups is 1. The number of ether oxygens (including phenoxy) is 3. The molecule has 1 saturated heterocycles. The Morgan fingerprint density at radius 3 is 2.58 bits per heavy atom. The van der Waals surface area contributed by atoms with Gasteiger partial charge in [0.25, 0.3) is 11.1 Å². The summed E-state index contributed by atoms with van der Waals surface area (Å²) >= 11 is 0.783. The molecule has 0 unspecified atom stereocenters. The second-order valence-electron chi connectivity index (χ2n) is 8.61. The zero-order chi connectivity index (χ0) is 27.2. The number of carbonyl (C=O) groups is 3. The van der Waals surface area contributed by atoms with E-state index in [-0.39, 0.29) is 4.91 Å². The average Bonchev–Trinajstić information content (AvgIpc) is 3.19. The summed E-state index contributed by atoms with van der Waals surface area (Å²) in [5, 5.41) is 1.73. The number of rotatable bonds is 10. The van der Waals surface area contributed by atoms with Crippen LogP contribution in [0, 0.1) is 0 Å². The maximum absolute atomic E-state index is 13.0. The number of carbonyl (C=O) groups excluding carboxylic acids is 3. The van der Waals surface area contributed by atoms with Crippen LogP contribution in [-0.2, 0) is 27.4 Å². The van der Waals surface area contributed by atoms with E-state index in [1.807, 2.05) is 37.3 Å². The quantitative estimate of drug-likeness (QED) is 0.176. The molecule has 0 saturated carbocycles. The van der Waals surface area contributed by atoms with Crippen LogP contribution in [0.15, 0.2) is 72.2 Å². The Balaban J connectivity index is 1.67. The minimum Gasteiger partial charge on any atom is -0.490 e. The van der Waals surface area contributed by atoms with Gasteiger partial charge in [0.05, 0.1) is 18.6 Å². The molecule has 38 heavy (non-hydrogen) atoms. The molecule has 3 aromatic carbocycles. The molecule has 0 N–H and O–H groups in total. The lowest BCUT2D eigenvalue weighted by Crippen LogP contribution is -2.42. The maximum Gasteiger partial charge on any atom is 0.328 e. The van der Waals surface area contributed by atoms with E-state index in [0.717, 1.165) is 38.6 Å². The Labute approximate surface area is 226 Å². The van der Waals surface area contributed by atoms with Crippen molar-refractivity contribution in [3.05, 3.63) is 88.8 Å². The van der Waals surface area contributed by atoms with Crippen LogP contribution in [0.4, 0.5) is 4.79 Å². The minimum atomic E-state index is -1.02. The van der Waals surface area contributed by atoms with Crippen LogP contribution in [0.1, 0.15) is 30.5 Å². The van der Waals surface area contributed by atoms with Crippen molar-refractivity contribution in [3.8, 4) is 11.5 Å². The number of methoxy groups -OCH3 is 1. The summed E-state index contributed by atoms with van der Waals surface area (Å²) in [6.07, 6.45) is 3.90. The third kappa shape index (κ3) is 5.60. The Bertz CT molecular complexity index is 1420. The molecular formula is C30H29NO6S. The number of hydrogen-bond donors (Lipinski definition) is 0. The van der Waals surface area contributed by atoms with Crippen LogP contribution in [0.2, 0.25) is 0 Å². The first-order valence-corrected chi connectivity index (χ1v) is 13.0. The molecule has 0 spiro atoms. The lowest BCUT2D eigenvalue weighted by molar-refractivity contribution is -0.148. The highest BCUT2D eigenvalue weighted by Crippen LogP contribution is 2.38. The first kappa shape index (κ1) is 27.0. The molecule has 7 nitrogen and oxygen atoms in total. The minimum absolute atomic E-state index is 0.210. The molecule has 0 bridgehead atoms. The van der Waals surface area contributed by atoms with Gasteiger partial charge in [-0.15, -0.1) is 6.58 Å². The van der Waals surface area contributed by atoms with Crippen LogP contribution < -0.4 is 9.47 Å². The summed E-state index contributed by atoms with van der Waals surface area (Å²) in [6.45, 7) is 7.97. The molecule has 0 aromatic heterocycles. The first-order valence-electron chi connectivity index (χ1n) is 12.2. The largest absolute Gasteiger partial charge is 0.490 e. The van der Waals surface area contributed by atoms with Crippen LogP contribution in [0.5, 0.6) is 11.5 Å². The van der Waals surface area contributed by atoms with Crippen molar-refractivity contribution in [1.82, 2.24) is 4.90 Å². The number of esters is 1. The van der Waals surface area contributed by atoms with Gasteiger partial charge in [-0.3, -0.25) is 14.5 Å². The molecule has 1 heterocycles. The van der Waals surface area contributed by atoms with E-state index in [9.17, 15) is 14.4 Å². The summed E-state index contributed by atoms with van der Waals surface area (Å²) in [7, 11) is 1.22. The maximum atomic E-state index is 13.0. The van der Waals surface area contributed by atoms with Crippen molar-refractivity contribution in [2.24, 2.45) is 0 Å². The Morgan fingerprint density at radius 2 is 1.84 bits per heavy atom. The van der Waals surface area contributed by atoms with Gasteiger partial charge in [-0.25, -0.2) is 4.79 Å². The molecule has 0 aliphatic carbocycles. The fourth-order valence-electron chi connectivity index (χ4n) is 4.31. The van der Waals surface area contributed by atoms with Gasteiger partial charge in [-0.1, -0.05) is 48.5 Å². The Kier molecular flexibility index (Phi) is 8.53. The standard InChI is InChI=1S/C30H29NO6S/c1-5-10-22-15-20(17-26-28(32)31(30(34)38-26)19(3)29(33)35-4)16-25(36-6-2)27(22)37-18-23-13-9-12-21-11-7-8-14-24(21)23/h5,7-9,11-17,19H,1,6,10,18H2,2-4H3/b26-17+/t19-/m0/s1. The van der Waals surface area contributed by atoms with Crippen LogP contribution >= 0.6 is 11.8 Å². The molecule has 2 amide bonds. The van der Waals surface area contributed by atoms with Crippen molar-refractivity contribution in [2.75, 3.05) is 13.7 Å². The van der Waals surface area contributed by atoms with Gasteiger partial charge in [0.2, 0.25) is 0 Å². The fraction of sp³-hybridized carbons (Fsp3) is 0.233. The molecule has 1 atom stereocenters. The highest BCUT2D eigenvalue weighted by molar-refractivity contribution is 8.18. The van der Waals surface area contributed by atoms with Crippen LogP contribution in [0.3, 0.4) is 0 Å². The summed E-state index contributed by atoms with van der Waals surface area (Å²) in [4.78, 5) is 38.5. The topological polar surface area (TPSA) is 82.1 Å². The lowest BCUT2D eigenvalue weighted by atomic mass is 10.0. The van der Waals surface area contributed by atoms with Gasteiger partial charge < -0.3 is 14.2 Å². The predicted molar refractivity (Wildman–Crippen MR) is 149 cm³/mol. The number of hydrogen-bond acceptors (Lipinski definition) is 7. The van der Waals surface area contributed by atoms with Gasteiger partial charge in [-0.05, 0) is 72.1 Å². The van der Waals surface area contributed by atoms with E-state index in [1.54, 1.807) is 18.2 Å². The smallest absolute Gasteiger partial charge is 0.328 e. The summed E-state index contributed by atoms with van der Waals surface area (Å²) < 4.78 is 17.0. The number of imide groups is 1. The highest BCUT2D eigenvalue weighted by Gasteiger charge is 2.41. The monoisotopic (exact) mass is 531 g/mol. The van der Waals surface area contributed by atoms with Crippen molar-refractivity contribution in [2.45, 2.75) is 32.9 Å². The third-order valence-electron chi connectivity index (χ3n) is 6.12. The van der Waals surface area contributed by atoms with E-state index < -0.39 is 23.2 Å². The van der Waals surface area contributed by atoms with E-state index in [0.29, 0.717) is 36.7 Å². The number of nitrogens with zero attached hydrogens (tertiary/aromatic N) is 1.